The van der Waals surface area contributed by atoms with E-state index in [-0.39, 0.29) is 41.2 Å². The van der Waals surface area contributed by atoms with Crippen molar-refractivity contribution in [3.8, 4) is 0 Å². The van der Waals surface area contributed by atoms with Crippen molar-refractivity contribution < 1.29 is 13.2 Å². The molecule has 0 radical (unpaired) electrons. The Balaban J connectivity index is 0.00000392. The van der Waals surface area contributed by atoms with Crippen LogP contribution < -0.4 is 10.6 Å². The van der Waals surface area contributed by atoms with Gasteiger partial charge in [-0.25, -0.2) is 8.42 Å². The summed E-state index contributed by atoms with van der Waals surface area (Å²) in [5, 5.41) is 7.42. The molecule has 1 aromatic rings. The molecule has 0 saturated carbocycles. The topological polar surface area (TPSA) is 79.8 Å². The molecule has 0 spiro atoms. The highest BCUT2D eigenvalue weighted by molar-refractivity contribution is 14.0. The summed E-state index contributed by atoms with van der Waals surface area (Å²) < 4.78 is 28.3. The molecule has 2 rings (SSSR count). The summed E-state index contributed by atoms with van der Waals surface area (Å²) in [7, 11) is -1.25. The Bertz CT molecular complexity index is 753. The van der Waals surface area contributed by atoms with Crippen molar-refractivity contribution in [2.45, 2.75) is 37.6 Å². The minimum absolute atomic E-state index is 0. The van der Waals surface area contributed by atoms with Gasteiger partial charge >= 0.3 is 0 Å². The maximum atomic E-state index is 11.4. The van der Waals surface area contributed by atoms with Crippen molar-refractivity contribution >= 4 is 51.4 Å². The average Bonchev–Trinajstić information content (AvgIpc) is 2.63. The van der Waals surface area contributed by atoms with Gasteiger partial charge in [0.2, 0.25) is 0 Å². The van der Waals surface area contributed by atoms with E-state index in [9.17, 15) is 8.42 Å². The number of benzene rings is 1. The zero-order valence-corrected chi connectivity index (χ0v) is 20.6. The van der Waals surface area contributed by atoms with E-state index in [1.165, 1.54) is 11.8 Å². The highest BCUT2D eigenvalue weighted by atomic mass is 127. The van der Waals surface area contributed by atoms with Crippen molar-refractivity contribution in [2.75, 3.05) is 38.8 Å². The maximum absolute atomic E-state index is 11.4. The van der Waals surface area contributed by atoms with E-state index >= 15 is 0 Å². The molecule has 1 heterocycles. The van der Waals surface area contributed by atoms with Gasteiger partial charge in [-0.05, 0) is 43.9 Å². The Hall–Kier alpha value is -0.580. The van der Waals surface area contributed by atoms with E-state index in [4.69, 9.17) is 16.3 Å². The van der Waals surface area contributed by atoms with Gasteiger partial charge in [0.15, 0.2) is 5.96 Å². The largest absolute Gasteiger partial charge is 0.381 e. The van der Waals surface area contributed by atoms with Gasteiger partial charge in [-0.15, -0.1) is 24.0 Å². The van der Waals surface area contributed by atoms with Gasteiger partial charge in [-0.3, -0.25) is 4.99 Å². The zero-order valence-electron chi connectivity index (χ0n) is 16.7. The molecule has 160 valence electrons. The zero-order chi connectivity index (χ0) is 19.9. The third-order valence-corrected chi connectivity index (χ3v) is 6.22. The fourth-order valence-electron chi connectivity index (χ4n) is 3.29. The van der Waals surface area contributed by atoms with Gasteiger partial charge in [0.05, 0.1) is 5.75 Å². The number of rotatable bonds is 7. The second kappa shape index (κ2) is 11.6. The van der Waals surface area contributed by atoms with Crippen LogP contribution in [-0.2, 0) is 20.0 Å². The summed E-state index contributed by atoms with van der Waals surface area (Å²) >= 11 is 6.22. The molecular formula is C19H31ClIN3O3S. The Morgan fingerprint density at radius 3 is 2.61 bits per heavy atom. The van der Waals surface area contributed by atoms with Crippen LogP contribution in [0.1, 0.15) is 31.7 Å². The van der Waals surface area contributed by atoms with Crippen LogP contribution in [-0.4, -0.2) is 59.2 Å². The number of hydrogen-bond acceptors (Lipinski definition) is 4. The first-order valence-corrected chi connectivity index (χ1v) is 11.7. The van der Waals surface area contributed by atoms with Gasteiger partial charge in [-0.1, -0.05) is 23.7 Å². The van der Waals surface area contributed by atoms with E-state index in [1.807, 2.05) is 25.1 Å². The molecule has 1 aromatic carbocycles. The lowest BCUT2D eigenvalue weighted by Gasteiger charge is -2.38. The Morgan fingerprint density at radius 1 is 1.36 bits per heavy atom. The van der Waals surface area contributed by atoms with Gasteiger partial charge in [-0.2, -0.15) is 0 Å². The van der Waals surface area contributed by atoms with Gasteiger partial charge in [0.25, 0.3) is 0 Å². The van der Waals surface area contributed by atoms with Crippen LogP contribution in [0.15, 0.2) is 29.3 Å². The number of nitrogens with zero attached hydrogens (tertiary/aromatic N) is 1. The van der Waals surface area contributed by atoms with Crippen molar-refractivity contribution in [3.05, 3.63) is 34.9 Å². The third-order valence-electron chi connectivity index (χ3n) is 5.01. The number of aliphatic imine (C=N–C) groups is 1. The van der Waals surface area contributed by atoms with Gasteiger partial charge in [0.1, 0.15) is 9.84 Å². The maximum Gasteiger partial charge on any atom is 0.191 e. The van der Waals surface area contributed by atoms with Crippen molar-refractivity contribution in [2.24, 2.45) is 4.99 Å². The van der Waals surface area contributed by atoms with Crippen LogP contribution in [0.2, 0.25) is 5.02 Å². The molecular weight excluding hydrogens is 513 g/mol. The van der Waals surface area contributed by atoms with Crippen LogP contribution >= 0.6 is 35.6 Å². The summed E-state index contributed by atoms with van der Waals surface area (Å²) in [5.41, 5.74) is 1.13. The van der Waals surface area contributed by atoms with Crippen LogP contribution in [0.3, 0.4) is 0 Å². The molecule has 1 aliphatic rings. The quantitative estimate of drug-likeness (QED) is 0.314. The molecule has 1 unspecified atom stereocenters. The first-order valence-electron chi connectivity index (χ1n) is 9.23. The first kappa shape index (κ1) is 25.5. The SMILES string of the molecule is CN=C(NCC1(c2cccc(Cl)c2)CCOCC1)NC(C)CCS(C)(=O)=O.I. The van der Waals surface area contributed by atoms with Gasteiger partial charge < -0.3 is 15.4 Å². The van der Waals surface area contributed by atoms with Crippen LogP contribution in [0.4, 0.5) is 0 Å². The summed E-state index contributed by atoms with van der Waals surface area (Å²) in [5.74, 6) is 0.825. The summed E-state index contributed by atoms with van der Waals surface area (Å²) in [6, 6.07) is 8.01. The van der Waals surface area contributed by atoms with Gasteiger partial charge in [0, 0.05) is 49.5 Å². The van der Waals surface area contributed by atoms with Crippen molar-refractivity contribution in [1.82, 2.24) is 10.6 Å². The number of sulfone groups is 1. The van der Waals surface area contributed by atoms with Crippen LogP contribution in [0.25, 0.3) is 0 Å². The normalized spacial score (nSPS) is 18.1. The van der Waals surface area contributed by atoms with E-state index < -0.39 is 9.84 Å². The van der Waals surface area contributed by atoms with E-state index in [0.29, 0.717) is 32.1 Å². The highest BCUT2D eigenvalue weighted by Gasteiger charge is 2.34. The Morgan fingerprint density at radius 2 is 2.04 bits per heavy atom. The molecule has 0 aliphatic carbocycles. The predicted molar refractivity (Wildman–Crippen MR) is 127 cm³/mol. The molecule has 0 amide bonds. The molecule has 0 aromatic heterocycles. The van der Waals surface area contributed by atoms with Crippen LogP contribution in [0.5, 0.6) is 0 Å². The molecule has 9 heteroatoms. The smallest absolute Gasteiger partial charge is 0.191 e. The second-order valence-electron chi connectivity index (χ2n) is 7.29. The summed E-state index contributed by atoms with van der Waals surface area (Å²) in [4.78, 5) is 4.29. The fraction of sp³-hybridized carbons (Fsp3) is 0.632. The Labute approximate surface area is 190 Å². The van der Waals surface area contributed by atoms with E-state index in [2.05, 4.69) is 21.7 Å². The number of guanidine groups is 1. The van der Waals surface area contributed by atoms with E-state index in [1.54, 1.807) is 7.05 Å². The highest BCUT2D eigenvalue weighted by Crippen LogP contribution is 2.35. The van der Waals surface area contributed by atoms with Crippen molar-refractivity contribution in [1.29, 1.82) is 0 Å². The van der Waals surface area contributed by atoms with Crippen LogP contribution in [0, 0.1) is 0 Å². The predicted octanol–water partition coefficient (Wildman–Crippen LogP) is 2.99. The number of nitrogens with one attached hydrogen (secondary N) is 2. The van der Waals surface area contributed by atoms with E-state index in [0.717, 1.165) is 17.9 Å². The standard InChI is InChI=1S/C19H30ClN3O3S.HI/c1-15(7-12-27(3,24)25)23-18(21-2)22-14-19(8-10-26-11-9-19)16-5-4-6-17(20)13-16;/h4-6,13,15H,7-12,14H2,1-3H3,(H2,21,22,23);1H. The lowest BCUT2D eigenvalue weighted by atomic mass is 9.74. The molecule has 1 aliphatic heterocycles. The first-order chi connectivity index (χ1) is 12.7. The number of hydrogen-bond donors (Lipinski definition) is 2. The molecule has 6 nitrogen and oxygen atoms in total. The summed E-state index contributed by atoms with van der Waals surface area (Å²) in [6.07, 6.45) is 3.60. The minimum Gasteiger partial charge on any atom is -0.381 e. The fourth-order valence-corrected chi connectivity index (χ4v) is 4.26. The number of ether oxygens (including phenoxy) is 1. The summed E-state index contributed by atoms with van der Waals surface area (Å²) in [6.45, 7) is 4.09. The molecule has 1 atom stereocenters. The molecule has 0 bridgehead atoms. The second-order valence-corrected chi connectivity index (χ2v) is 9.99. The molecule has 1 fully saturated rings. The number of halogens is 2. The minimum atomic E-state index is -2.97. The molecule has 28 heavy (non-hydrogen) atoms. The molecule has 1 saturated heterocycles. The lowest BCUT2D eigenvalue weighted by Crippen LogP contribution is -2.49. The molecule has 2 N–H and O–H groups in total. The van der Waals surface area contributed by atoms with Crippen molar-refractivity contribution in [3.63, 3.8) is 0 Å². The third kappa shape index (κ3) is 8.04. The average molecular weight is 544 g/mol. The monoisotopic (exact) mass is 543 g/mol. The lowest BCUT2D eigenvalue weighted by molar-refractivity contribution is 0.0513. The Kier molecular flexibility index (Phi) is 10.5.